The van der Waals surface area contributed by atoms with Gasteiger partial charge in [-0.05, 0) is 30.7 Å². The quantitative estimate of drug-likeness (QED) is 0.903. The number of pyridine rings is 1. The molecule has 0 radical (unpaired) electrons. The molecular formula is C15H16ClN3O2. The number of carbonyl (C=O) groups is 1. The number of rotatable bonds is 4. The number of amides is 1. The summed E-state index contributed by atoms with van der Waals surface area (Å²) in [5, 5.41) is 6.47. The summed E-state index contributed by atoms with van der Waals surface area (Å²) in [4.78, 5) is 15.2. The van der Waals surface area contributed by atoms with Gasteiger partial charge in [-0.1, -0.05) is 11.6 Å². The van der Waals surface area contributed by atoms with E-state index in [1.54, 1.807) is 31.5 Å². The van der Waals surface area contributed by atoms with Gasteiger partial charge in [-0.2, -0.15) is 0 Å². The van der Waals surface area contributed by atoms with Crippen LogP contribution >= 0.6 is 11.6 Å². The Hall–Kier alpha value is -2.27. The van der Waals surface area contributed by atoms with E-state index in [9.17, 15) is 4.79 Å². The molecule has 2 rings (SSSR count). The molecule has 2 N–H and O–H groups in total. The maximum atomic E-state index is 11.0. The van der Waals surface area contributed by atoms with Crippen molar-refractivity contribution in [2.45, 2.75) is 13.8 Å². The third-order valence-electron chi connectivity index (χ3n) is 2.83. The van der Waals surface area contributed by atoms with E-state index in [2.05, 4.69) is 15.6 Å². The van der Waals surface area contributed by atoms with E-state index in [1.165, 1.54) is 6.92 Å². The summed E-state index contributed by atoms with van der Waals surface area (Å²) in [5.41, 5.74) is 2.36. The van der Waals surface area contributed by atoms with E-state index in [0.29, 0.717) is 22.3 Å². The number of benzene rings is 1. The van der Waals surface area contributed by atoms with Crippen LogP contribution < -0.4 is 15.4 Å². The second-order valence-corrected chi connectivity index (χ2v) is 4.95. The Balaban J connectivity index is 2.21. The molecule has 6 heteroatoms. The number of nitrogens with one attached hydrogen (secondary N) is 2. The lowest BCUT2D eigenvalue weighted by Crippen LogP contribution is -2.06. The van der Waals surface area contributed by atoms with Crippen molar-refractivity contribution >= 4 is 34.7 Å². The number of hydrogen-bond donors (Lipinski definition) is 2. The van der Waals surface area contributed by atoms with Crippen LogP contribution in [0.25, 0.3) is 0 Å². The summed E-state index contributed by atoms with van der Waals surface area (Å²) in [6, 6.07) is 7.19. The number of anilines is 3. The SMILES string of the molecule is COc1cc(Cl)c(C)cc1Nc1ccc(NC(C)=O)cn1. The Morgan fingerprint density at radius 3 is 2.67 bits per heavy atom. The maximum Gasteiger partial charge on any atom is 0.221 e. The highest BCUT2D eigenvalue weighted by Crippen LogP contribution is 2.32. The molecule has 0 aliphatic heterocycles. The largest absolute Gasteiger partial charge is 0.495 e. The van der Waals surface area contributed by atoms with Crippen molar-refractivity contribution in [1.29, 1.82) is 0 Å². The minimum absolute atomic E-state index is 0.132. The molecule has 110 valence electrons. The van der Waals surface area contributed by atoms with Crippen molar-refractivity contribution in [1.82, 2.24) is 4.98 Å². The third kappa shape index (κ3) is 3.86. The zero-order valence-electron chi connectivity index (χ0n) is 12.0. The Bertz CT molecular complexity index is 657. The summed E-state index contributed by atoms with van der Waals surface area (Å²) < 4.78 is 5.30. The Labute approximate surface area is 128 Å². The van der Waals surface area contributed by atoms with Gasteiger partial charge in [0.25, 0.3) is 0 Å². The van der Waals surface area contributed by atoms with Gasteiger partial charge in [0.1, 0.15) is 11.6 Å². The number of ether oxygens (including phenoxy) is 1. The van der Waals surface area contributed by atoms with Crippen molar-refractivity contribution in [3.05, 3.63) is 41.0 Å². The van der Waals surface area contributed by atoms with Gasteiger partial charge >= 0.3 is 0 Å². The van der Waals surface area contributed by atoms with E-state index < -0.39 is 0 Å². The first-order valence-electron chi connectivity index (χ1n) is 6.34. The van der Waals surface area contributed by atoms with Gasteiger partial charge in [-0.3, -0.25) is 4.79 Å². The highest BCUT2D eigenvalue weighted by atomic mass is 35.5. The molecule has 0 fully saturated rings. The molecule has 0 aliphatic rings. The Kier molecular flexibility index (Phi) is 4.65. The van der Waals surface area contributed by atoms with E-state index in [-0.39, 0.29) is 5.91 Å². The monoisotopic (exact) mass is 305 g/mol. The minimum Gasteiger partial charge on any atom is -0.495 e. The van der Waals surface area contributed by atoms with E-state index in [4.69, 9.17) is 16.3 Å². The molecular weight excluding hydrogens is 290 g/mol. The lowest BCUT2D eigenvalue weighted by molar-refractivity contribution is -0.114. The van der Waals surface area contributed by atoms with E-state index >= 15 is 0 Å². The standard InChI is InChI=1S/C15H16ClN3O2/c1-9-6-13(14(21-3)7-12(9)16)19-15-5-4-11(8-17-15)18-10(2)20/h4-8H,1-3H3,(H,17,19)(H,18,20). The number of aryl methyl sites for hydroxylation is 1. The maximum absolute atomic E-state index is 11.0. The highest BCUT2D eigenvalue weighted by Gasteiger charge is 2.08. The average Bonchev–Trinajstić information content (AvgIpc) is 2.44. The zero-order chi connectivity index (χ0) is 15.4. The van der Waals surface area contributed by atoms with Crippen LogP contribution in [0.3, 0.4) is 0 Å². The summed E-state index contributed by atoms with van der Waals surface area (Å²) >= 11 is 6.07. The number of carbonyl (C=O) groups excluding carboxylic acids is 1. The molecule has 1 aromatic carbocycles. The number of aromatic nitrogens is 1. The number of halogens is 1. The number of nitrogens with zero attached hydrogens (tertiary/aromatic N) is 1. The molecule has 21 heavy (non-hydrogen) atoms. The van der Waals surface area contributed by atoms with Crippen LogP contribution in [0.15, 0.2) is 30.5 Å². The van der Waals surface area contributed by atoms with Crippen LogP contribution in [0.1, 0.15) is 12.5 Å². The van der Waals surface area contributed by atoms with Crippen molar-refractivity contribution in [2.75, 3.05) is 17.7 Å². The van der Waals surface area contributed by atoms with Crippen LogP contribution in [0.2, 0.25) is 5.02 Å². The van der Waals surface area contributed by atoms with Gasteiger partial charge in [0.15, 0.2) is 0 Å². The third-order valence-corrected chi connectivity index (χ3v) is 3.23. The average molecular weight is 306 g/mol. The molecule has 2 aromatic rings. The molecule has 1 heterocycles. The molecule has 0 bridgehead atoms. The molecule has 0 spiro atoms. The van der Waals surface area contributed by atoms with E-state index in [0.717, 1.165) is 11.3 Å². The van der Waals surface area contributed by atoms with Gasteiger partial charge in [-0.25, -0.2) is 4.98 Å². The fraction of sp³-hybridized carbons (Fsp3) is 0.200. The molecule has 1 aromatic heterocycles. The summed E-state index contributed by atoms with van der Waals surface area (Å²) in [6.45, 7) is 3.37. The molecule has 1 amide bonds. The van der Waals surface area contributed by atoms with Gasteiger partial charge < -0.3 is 15.4 Å². The second kappa shape index (κ2) is 6.45. The lowest BCUT2D eigenvalue weighted by atomic mass is 10.2. The van der Waals surface area contributed by atoms with Crippen LogP contribution in [0, 0.1) is 6.92 Å². The predicted octanol–water partition coefficient (Wildman–Crippen LogP) is 3.75. The van der Waals surface area contributed by atoms with Crippen molar-refractivity contribution in [3.8, 4) is 5.75 Å². The number of hydrogen-bond acceptors (Lipinski definition) is 4. The normalized spacial score (nSPS) is 10.1. The molecule has 0 saturated carbocycles. The zero-order valence-corrected chi connectivity index (χ0v) is 12.8. The van der Waals surface area contributed by atoms with Crippen LogP contribution in [-0.2, 0) is 4.79 Å². The first kappa shape index (κ1) is 15.1. The van der Waals surface area contributed by atoms with Crippen LogP contribution in [-0.4, -0.2) is 18.0 Å². The van der Waals surface area contributed by atoms with Gasteiger partial charge in [0.2, 0.25) is 5.91 Å². The van der Waals surface area contributed by atoms with Crippen LogP contribution in [0.4, 0.5) is 17.2 Å². The molecule has 0 aliphatic carbocycles. The van der Waals surface area contributed by atoms with Crippen LogP contribution in [0.5, 0.6) is 5.75 Å². The van der Waals surface area contributed by atoms with Gasteiger partial charge in [0, 0.05) is 18.0 Å². The predicted molar refractivity (Wildman–Crippen MR) is 84.6 cm³/mol. The Morgan fingerprint density at radius 2 is 2.10 bits per heavy atom. The second-order valence-electron chi connectivity index (χ2n) is 4.54. The fourth-order valence-electron chi connectivity index (χ4n) is 1.81. The van der Waals surface area contributed by atoms with Gasteiger partial charge in [-0.15, -0.1) is 0 Å². The fourth-order valence-corrected chi connectivity index (χ4v) is 1.97. The van der Waals surface area contributed by atoms with Crippen molar-refractivity contribution in [3.63, 3.8) is 0 Å². The molecule has 0 saturated heterocycles. The summed E-state index contributed by atoms with van der Waals surface area (Å²) in [5.74, 6) is 1.15. The molecule has 5 nitrogen and oxygen atoms in total. The van der Waals surface area contributed by atoms with E-state index in [1.807, 2.05) is 13.0 Å². The first-order valence-corrected chi connectivity index (χ1v) is 6.72. The first-order chi connectivity index (χ1) is 9.99. The summed E-state index contributed by atoms with van der Waals surface area (Å²) in [7, 11) is 1.58. The topological polar surface area (TPSA) is 63.2 Å². The number of methoxy groups -OCH3 is 1. The molecule has 0 atom stereocenters. The van der Waals surface area contributed by atoms with Gasteiger partial charge in [0.05, 0.1) is 24.7 Å². The smallest absolute Gasteiger partial charge is 0.221 e. The highest BCUT2D eigenvalue weighted by molar-refractivity contribution is 6.31. The molecule has 0 unspecified atom stereocenters. The Morgan fingerprint density at radius 1 is 1.33 bits per heavy atom. The lowest BCUT2D eigenvalue weighted by Gasteiger charge is -2.13. The summed E-state index contributed by atoms with van der Waals surface area (Å²) in [6.07, 6.45) is 1.58. The van der Waals surface area contributed by atoms with Crippen molar-refractivity contribution < 1.29 is 9.53 Å². The van der Waals surface area contributed by atoms with Crippen molar-refractivity contribution in [2.24, 2.45) is 0 Å². The minimum atomic E-state index is -0.132.